The van der Waals surface area contributed by atoms with Crippen LogP contribution >= 0.6 is 0 Å². The molecular weight excluding hydrogens is 243 g/mol. The molecule has 92 valence electrons. The molecule has 0 N–H and O–H groups in total. The molecule has 1 nitrogen and oxygen atoms in total. The minimum absolute atomic E-state index is 0.393. The fraction of sp³-hybridized carbons (Fsp3) is 0.625. The van der Waals surface area contributed by atoms with Gasteiger partial charge in [-0.2, -0.15) is 36.0 Å². The quantitative estimate of drug-likeness (QED) is 0.696. The Balaban J connectivity index is 5.68. The Kier molecular flexibility index (Phi) is 3.65. The van der Waals surface area contributed by atoms with Gasteiger partial charge in [0, 0.05) is 0 Å². The maximum absolute atomic E-state index is 13.0. The third-order valence-corrected chi connectivity index (χ3v) is 1.90. The van der Waals surface area contributed by atoms with E-state index in [1.807, 2.05) is 0 Å². The summed E-state index contributed by atoms with van der Waals surface area (Å²) in [5, 5.41) is 8.22. The highest BCUT2D eigenvalue weighted by Crippen LogP contribution is 2.51. The van der Waals surface area contributed by atoms with E-state index >= 15 is 0 Å². The molecule has 0 aliphatic heterocycles. The zero-order valence-electron chi connectivity index (χ0n) is 8.09. The van der Waals surface area contributed by atoms with Crippen LogP contribution in [0.4, 0.5) is 30.7 Å². The molecule has 0 aromatic carbocycles. The summed E-state index contributed by atoms with van der Waals surface area (Å²) in [5.41, 5.74) is -3.00. The highest BCUT2D eigenvalue weighted by molar-refractivity contribution is 5.18. The van der Waals surface area contributed by atoms with E-state index in [0.717, 1.165) is 6.07 Å². The summed E-state index contributed by atoms with van der Waals surface area (Å²) in [5.74, 6) is -14.5. The molecule has 0 aliphatic carbocycles. The monoisotopic (exact) mass is 249 g/mol. The lowest BCUT2D eigenvalue weighted by Crippen LogP contribution is -2.51. The summed E-state index contributed by atoms with van der Waals surface area (Å²) in [7, 11) is 0. The first kappa shape index (κ1) is 14.7. The van der Waals surface area contributed by atoms with E-state index in [2.05, 4.69) is 0 Å². The molecule has 0 aromatic heterocycles. The van der Waals surface area contributed by atoms with Gasteiger partial charge in [0.25, 0.3) is 0 Å². The average Bonchev–Trinajstić information content (AvgIpc) is 2.15. The number of allylic oxidation sites excluding steroid dienone is 1. The van der Waals surface area contributed by atoms with Crippen molar-refractivity contribution in [2.45, 2.75) is 25.7 Å². The van der Waals surface area contributed by atoms with Crippen LogP contribution in [-0.2, 0) is 0 Å². The first-order chi connectivity index (χ1) is 6.91. The number of halogens is 7. The topological polar surface area (TPSA) is 23.8 Å². The van der Waals surface area contributed by atoms with Crippen LogP contribution < -0.4 is 0 Å². The average molecular weight is 249 g/mol. The Morgan fingerprint density at radius 1 is 1.00 bits per heavy atom. The van der Waals surface area contributed by atoms with Crippen molar-refractivity contribution in [3.8, 4) is 6.07 Å². The smallest absolute Gasteiger partial charge is 0.199 e. The fourth-order valence-corrected chi connectivity index (χ4v) is 0.719. The van der Waals surface area contributed by atoms with Crippen LogP contribution in [-0.4, -0.2) is 11.8 Å². The van der Waals surface area contributed by atoms with Crippen molar-refractivity contribution in [3.63, 3.8) is 0 Å². The maximum Gasteiger partial charge on any atom is 0.367 e. The van der Waals surface area contributed by atoms with Crippen molar-refractivity contribution < 1.29 is 30.7 Å². The van der Waals surface area contributed by atoms with E-state index in [1.165, 1.54) is 0 Å². The molecular formula is C8H6F7N. The Morgan fingerprint density at radius 3 is 1.62 bits per heavy atom. The standard InChI is InChI=1S/C8H6F7N/c1-6(2,3-16)8(14,15)7(12,13)4(9)5(10)11/h1-2H3. The van der Waals surface area contributed by atoms with Crippen LogP contribution in [0, 0.1) is 16.7 Å². The molecule has 0 bridgehead atoms. The van der Waals surface area contributed by atoms with Crippen molar-refractivity contribution >= 4 is 0 Å². The van der Waals surface area contributed by atoms with Gasteiger partial charge in [-0.05, 0) is 13.8 Å². The summed E-state index contributed by atoms with van der Waals surface area (Å²) in [6.07, 6.45) is -3.54. The molecule has 0 rings (SSSR count). The third-order valence-electron chi connectivity index (χ3n) is 1.90. The second-order valence-corrected chi connectivity index (χ2v) is 3.46. The highest BCUT2D eigenvalue weighted by atomic mass is 19.3. The summed E-state index contributed by atoms with van der Waals surface area (Å²) in [4.78, 5) is 0. The van der Waals surface area contributed by atoms with Crippen LogP contribution in [0.2, 0.25) is 0 Å². The molecule has 0 fully saturated rings. The third kappa shape index (κ3) is 1.99. The van der Waals surface area contributed by atoms with Gasteiger partial charge in [0.15, 0.2) is 0 Å². The first-order valence-electron chi connectivity index (χ1n) is 3.80. The van der Waals surface area contributed by atoms with Gasteiger partial charge < -0.3 is 0 Å². The van der Waals surface area contributed by atoms with Crippen LogP contribution in [0.15, 0.2) is 11.9 Å². The lowest BCUT2D eigenvalue weighted by Gasteiger charge is -2.32. The number of nitriles is 1. The molecule has 8 heteroatoms. The van der Waals surface area contributed by atoms with E-state index in [-0.39, 0.29) is 0 Å². The van der Waals surface area contributed by atoms with Gasteiger partial charge in [-0.15, -0.1) is 0 Å². The van der Waals surface area contributed by atoms with Gasteiger partial charge in [0.2, 0.25) is 5.83 Å². The Labute approximate surface area is 86.2 Å². The number of rotatable bonds is 3. The number of nitrogens with zero attached hydrogens (tertiary/aromatic N) is 1. The van der Waals surface area contributed by atoms with Crippen molar-refractivity contribution in [2.24, 2.45) is 5.41 Å². The SMILES string of the molecule is CC(C)(C#N)C(F)(F)C(F)(F)C(F)=C(F)F. The molecule has 0 saturated carbocycles. The molecule has 0 saturated heterocycles. The van der Waals surface area contributed by atoms with E-state index in [1.54, 1.807) is 0 Å². The Bertz CT molecular complexity index is 346. The predicted octanol–water partition coefficient (Wildman–Crippen LogP) is 3.88. The van der Waals surface area contributed by atoms with Crippen molar-refractivity contribution in [1.82, 2.24) is 0 Å². The minimum Gasteiger partial charge on any atom is -0.199 e. The van der Waals surface area contributed by atoms with Gasteiger partial charge in [-0.1, -0.05) is 0 Å². The van der Waals surface area contributed by atoms with Gasteiger partial charge in [0.05, 0.1) is 6.07 Å². The van der Waals surface area contributed by atoms with Gasteiger partial charge in [-0.25, -0.2) is 0 Å². The molecule has 0 radical (unpaired) electrons. The van der Waals surface area contributed by atoms with E-state index in [0.29, 0.717) is 13.8 Å². The van der Waals surface area contributed by atoms with Crippen molar-refractivity contribution in [2.75, 3.05) is 0 Å². The van der Waals surface area contributed by atoms with E-state index in [9.17, 15) is 30.7 Å². The molecule has 0 aromatic rings. The fourth-order valence-electron chi connectivity index (χ4n) is 0.719. The molecule has 0 unspecified atom stereocenters. The summed E-state index contributed by atoms with van der Waals surface area (Å²) in [6.45, 7) is 0.786. The first-order valence-corrected chi connectivity index (χ1v) is 3.80. The molecule has 0 atom stereocenters. The normalized spacial score (nSPS) is 13.2. The second kappa shape index (κ2) is 3.96. The van der Waals surface area contributed by atoms with Gasteiger partial charge in [-0.3, -0.25) is 0 Å². The number of hydrogen-bond donors (Lipinski definition) is 0. The highest BCUT2D eigenvalue weighted by Gasteiger charge is 2.69. The summed E-state index contributed by atoms with van der Waals surface area (Å²) in [6, 6.07) is 0.817. The Morgan fingerprint density at radius 2 is 1.38 bits per heavy atom. The number of hydrogen-bond acceptors (Lipinski definition) is 1. The van der Waals surface area contributed by atoms with Gasteiger partial charge >= 0.3 is 17.9 Å². The van der Waals surface area contributed by atoms with Crippen LogP contribution in [0.1, 0.15) is 13.8 Å². The lowest BCUT2D eigenvalue weighted by molar-refractivity contribution is -0.236. The van der Waals surface area contributed by atoms with E-state index < -0.39 is 29.2 Å². The van der Waals surface area contributed by atoms with Crippen LogP contribution in [0.25, 0.3) is 0 Å². The van der Waals surface area contributed by atoms with Crippen molar-refractivity contribution in [3.05, 3.63) is 11.9 Å². The lowest BCUT2D eigenvalue weighted by atomic mass is 9.83. The van der Waals surface area contributed by atoms with Crippen LogP contribution in [0.3, 0.4) is 0 Å². The van der Waals surface area contributed by atoms with Crippen molar-refractivity contribution in [1.29, 1.82) is 5.26 Å². The molecule has 0 aliphatic rings. The molecule has 16 heavy (non-hydrogen) atoms. The Hall–Kier alpha value is -1.26. The molecule has 0 spiro atoms. The zero-order valence-corrected chi connectivity index (χ0v) is 8.09. The predicted molar refractivity (Wildman–Crippen MR) is 39.6 cm³/mol. The maximum atomic E-state index is 13.0. The summed E-state index contributed by atoms with van der Waals surface area (Å²) < 4.78 is 86.8. The second-order valence-electron chi connectivity index (χ2n) is 3.46. The van der Waals surface area contributed by atoms with E-state index in [4.69, 9.17) is 5.26 Å². The molecule has 0 amide bonds. The van der Waals surface area contributed by atoms with Crippen LogP contribution in [0.5, 0.6) is 0 Å². The summed E-state index contributed by atoms with van der Waals surface area (Å²) >= 11 is 0. The minimum atomic E-state index is -5.73. The largest absolute Gasteiger partial charge is 0.367 e. The van der Waals surface area contributed by atoms with Gasteiger partial charge in [0.1, 0.15) is 5.41 Å². The molecule has 0 heterocycles. The zero-order chi connectivity index (χ0) is 13.4. The number of alkyl halides is 4.